The second-order valence-electron chi connectivity index (χ2n) is 10.4. The predicted octanol–water partition coefficient (Wildman–Crippen LogP) is 5.89. The highest BCUT2D eigenvalue weighted by atomic mass is 31.2. The largest absolute Gasteiger partial charge is 0.455 e. The Morgan fingerprint density at radius 3 is 1.38 bits per heavy atom. The van der Waals surface area contributed by atoms with Crippen molar-refractivity contribution in [2.75, 3.05) is 13.2 Å². The van der Waals surface area contributed by atoms with Crippen LogP contribution < -0.4 is 0 Å². The van der Waals surface area contributed by atoms with Gasteiger partial charge in [0.25, 0.3) is 0 Å². The van der Waals surface area contributed by atoms with Crippen LogP contribution in [0.5, 0.6) is 0 Å². The number of rotatable bonds is 12. The summed E-state index contributed by atoms with van der Waals surface area (Å²) in [4.78, 5) is 0. The van der Waals surface area contributed by atoms with Crippen molar-refractivity contribution < 1.29 is 26.4 Å². The molecule has 26 heavy (non-hydrogen) atoms. The van der Waals surface area contributed by atoms with Crippen molar-refractivity contribution in [2.24, 2.45) is 0 Å². The van der Waals surface area contributed by atoms with Crippen LogP contribution in [-0.4, -0.2) is 52.6 Å². The summed E-state index contributed by atoms with van der Waals surface area (Å²) in [5.41, 5.74) is 0. The molecule has 0 aliphatic rings. The zero-order chi connectivity index (χ0) is 21.0. The van der Waals surface area contributed by atoms with Gasteiger partial charge in [-0.2, -0.15) is 0 Å². The minimum atomic E-state index is -3.63. The van der Waals surface area contributed by atoms with Gasteiger partial charge in [-0.05, 0) is 78.6 Å². The van der Waals surface area contributed by atoms with Crippen LogP contribution in [0.2, 0.25) is 78.6 Å². The van der Waals surface area contributed by atoms with Crippen molar-refractivity contribution in [2.45, 2.75) is 84.7 Å². The van der Waals surface area contributed by atoms with Crippen LogP contribution in [0.15, 0.2) is 0 Å². The van der Waals surface area contributed by atoms with Gasteiger partial charge in [-0.3, -0.25) is 4.52 Å². The minimum absolute atomic E-state index is 0.140. The third-order valence-electron chi connectivity index (χ3n) is 2.41. The van der Waals surface area contributed by atoms with Crippen LogP contribution in [0.1, 0.15) is 0 Å². The molecule has 0 aromatic heterocycles. The van der Waals surface area contributed by atoms with Gasteiger partial charge >= 0.3 is 7.82 Å². The van der Waals surface area contributed by atoms with Crippen LogP contribution in [-0.2, 0) is 26.4 Å². The molecule has 0 N–H and O–H groups in total. The number of hydrogen-bond donors (Lipinski definition) is 0. The molecule has 0 spiro atoms. The molecule has 0 amide bonds. The smallest absolute Gasteiger partial charge is 0.415 e. The maximum Gasteiger partial charge on any atom is 0.455 e. The predicted molar refractivity (Wildman–Crippen MR) is 120 cm³/mol. The zero-order valence-corrected chi connectivity index (χ0v) is 23.8. The van der Waals surface area contributed by atoms with E-state index in [1.165, 1.54) is 0 Å². The molecule has 0 saturated heterocycles. The molecule has 1 unspecified atom stereocenters. The molecule has 0 saturated carbocycles. The van der Waals surface area contributed by atoms with E-state index in [2.05, 4.69) is 39.3 Å². The fourth-order valence-electron chi connectivity index (χ4n) is 1.88. The first kappa shape index (κ1) is 26.9. The van der Waals surface area contributed by atoms with Gasteiger partial charge in [0.05, 0.1) is 19.3 Å². The lowest BCUT2D eigenvalue weighted by Crippen LogP contribution is -2.40. The molecule has 0 bridgehead atoms. The molecular formula is C15H41O6PSi4. The second kappa shape index (κ2) is 9.60. The van der Waals surface area contributed by atoms with E-state index in [0.29, 0.717) is 6.61 Å². The summed E-state index contributed by atoms with van der Waals surface area (Å²) in [7, 11) is -11.3. The molecule has 0 aliphatic carbocycles. The fraction of sp³-hybridized carbons (Fsp3) is 1.00. The Hall–Kier alpha value is 0.898. The normalized spacial score (nSPS) is 16.0. The van der Waals surface area contributed by atoms with Gasteiger partial charge in [0.2, 0.25) is 0 Å². The molecule has 11 heteroatoms. The Balaban J connectivity index is 5.21. The lowest BCUT2D eigenvalue weighted by atomic mass is 10.4. The van der Waals surface area contributed by atoms with Crippen LogP contribution in [0.3, 0.4) is 0 Å². The first-order valence-electron chi connectivity index (χ1n) is 9.18. The van der Waals surface area contributed by atoms with Gasteiger partial charge in [0.15, 0.2) is 33.3 Å². The molecule has 158 valence electrons. The van der Waals surface area contributed by atoms with E-state index in [4.69, 9.17) is 21.8 Å². The molecule has 0 fully saturated rings. The molecule has 0 aromatic carbocycles. The standard InChI is InChI=1S/C15H41O6PSi4/c1-23(2,3)18-14-15(19-24(4,5)6)13-17-22(16,20-25(7,8)9)21-26(10,11)12/h15H,13-14H2,1-12H3. The van der Waals surface area contributed by atoms with Gasteiger partial charge in [0.1, 0.15) is 0 Å². The van der Waals surface area contributed by atoms with E-state index in [-0.39, 0.29) is 12.7 Å². The van der Waals surface area contributed by atoms with Gasteiger partial charge in [-0.15, -0.1) is 0 Å². The van der Waals surface area contributed by atoms with E-state index < -0.39 is 41.1 Å². The third-order valence-corrected chi connectivity index (χ3v) is 11.1. The summed E-state index contributed by atoms with van der Waals surface area (Å²) >= 11 is 0. The van der Waals surface area contributed by atoms with Crippen molar-refractivity contribution in [1.29, 1.82) is 0 Å². The lowest BCUT2D eigenvalue weighted by molar-refractivity contribution is 0.0610. The molecule has 1 atom stereocenters. The second-order valence-corrected chi connectivity index (χ2v) is 30.5. The van der Waals surface area contributed by atoms with E-state index in [1.54, 1.807) is 0 Å². The first-order valence-corrected chi connectivity index (χ1v) is 24.3. The summed E-state index contributed by atoms with van der Waals surface area (Å²) < 4.78 is 42.9. The maximum absolute atomic E-state index is 13.2. The van der Waals surface area contributed by atoms with Crippen LogP contribution >= 0.6 is 7.82 Å². The van der Waals surface area contributed by atoms with Crippen molar-refractivity contribution in [3.8, 4) is 0 Å². The van der Waals surface area contributed by atoms with Crippen LogP contribution in [0, 0.1) is 0 Å². The van der Waals surface area contributed by atoms with Crippen LogP contribution in [0.25, 0.3) is 0 Å². The molecule has 6 nitrogen and oxygen atoms in total. The monoisotopic (exact) mass is 460 g/mol. The topological polar surface area (TPSA) is 63.2 Å². The van der Waals surface area contributed by atoms with E-state index in [9.17, 15) is 4.57 Å². The van der Waals surface area contributed by atoms with Crippen LogP contribution in [0.4, 0.5) is 0 Å². The Morgan fingerprint density at radius 1 is 0.654 bits per heavy atom. The molecule has 0 heterocycles. The first-order chi connectivity index (χ1) is 11.2. The van der Waals surface area contributed by atoms with Gasteiger partial charge < -0.3 is 17.3 Å². The minimum Gasteiger partial charge on any atom is -0.415 e. The third kappa shape index (κ3) is 15.9. The van der Waals surface area contributed by atoms with E-state index in [0.717, 1.165) is 0 Å². The zero-order valence-electron chi connectivity index (χ0n) is 18.9. The summed E-state index contributed by atoms with van der Waals surface area (Å²) in [5, 5.41) is 0. The molecule has 0 rings (SSSR count). The van der Waals surface area contributed by atoms with Crippen molar-refractivity contribution in [1.82, 2.24) is 0 Å². The molecular weight excluding hydrogens is 419 g/mol. The fourth-order valence-corrected chi connectivity index (χ4v) is 10.3. The average molecular weight is 461 g/mol. The lowest BCUT2D eigenvalue weighted by Gasteiger charge is -2.33. The van der Waals surface area contributed by atoms with Gasteiger partial charge in [0, 0.05) is 0 Å². The Labute approximate surface area is 165 Å². The maximum atomic E-state index is 13.2. The highest BCUT2D eigenvalue weighted by molar-refractivity contribution is 7.52. The summed E-state index contributed by atoms with van der Waals surface area (Å²) in [5.74, 6) is 0. The Morgan fingerprint density at radius 2 is 1.08 bits per heavy atom. The van der Waals surface area contributed by atoms with E-state index in [1.807, 2.05) is 39.3 Å². The Bertz CT molecular complexity index is 456. The van der Waals surface area contributed by atoms with Crippen molar-refractivity contribution in [3.05, 3.63) is 0 Å². The Kier molecular flexibility index (Phi) is 9.93. The van der Waals surface area contributed by atoms with Gasteiger partial charge in [-0.25, -0.2) is 4.57 Å². The van der Waals surface area contributed by atoms with Gasteiger partial charge in [-0.1, -0.05) is 0 Å². The summed E-state index contributed by atoms with van der Waals surface area (Å²) in [6, 6.07) is 0. The number of phosphoric acid groups is 1. The molecule has 0 aromatic rings. The molecule has 0 radical (unpaired) electrons. The highest BCUT2D eigenvalue weighted by Gasteiger charge is 2.39. The van der Waals surface area contributed by atoms with Crippen molar-refractivity contribution in [3.63, 3.8) is 0 Å². The van der Waals surface area contributed by atoms with Crippen molar-refractivity contribution >= 4 is 41.1 Å². The average Bonchev–Trinajstić information content (AvgIpc) is 2.25. The summed E-state index contributed by atoms with van der Waals surface area (Å²) in [6.45, 7) is 25.2. The van der Waals surface area contributed by atoms with E-state index >= 15 is 0 Å². The quantitative estimate of drug-likeness (QED) is 0.267. The SMILES string of the molecule is C[Si](C)(C)OCC(COP(=O)(O[Si](C)(C)C)O[Si](C)(C)C)O[Si](C)(C)C. The molecule has 0 aliphatic heterocycles. The summed E-state index contributed by atoms with van der Waals surface area (Å²) in [6.07, 6.45) is -0.280. The highest BCUT2D eigenvalue weighted by Crippen LogP contribution is 2.54. The number of hydrogen-bond acceptors (Lipinski definition) is 6.